The highest BCUT2D eigenvalue weighted by Crippen LogP contribution is 2.25. The summed E-state index contributed by atoms with van der Waals surface area (Å²) < 4.78 is 40.9. The summed E-state index contributed by atoms with van der Waals surface area (Å²) in [4.78, 5) is 2.28. The Balaban J connectivity index is 1.37. The van der Waals surface area contributed by atoms with Gasteiger partial charge in [0, 0.05) is 32.2 Å². The third kappa shape index (κ3) is 3.83. The van der Waals surface area contributed by atoms with Gasteiger partial charge in [0.15, 0.2) is 0 Å². The smallest absolute Gasteiger partial charge is 0.243 e. The highest BCUT2D eigenvalue weighted by atomic mass is 32.2. The molecule has 2 atom stereocenters. The average molecular weight is 405 g/mol. The van der Waals surface area contributed by atoms with Crippen molar-refractivity contribution in [2.75, 3.05) is 26.2 Å². The number of piperazine rings is 1. The van der Waals surface area contributed by atoms with Crippen LogP contribution in [0.2, 0.25) is 0 Å². The third-order valence-corrected chi connectivity index (χ3v) is 7.47. The maximum Gasteiger partial charge on any atom is 0.243 e. The van der Waals surface area contributed by atoms with E-state index in [-0.39, 0.29) is 17.1 Å². The molecule has 0 saturated carbocycles. The second-order valence-corrected chi connectivity index (χ2v) is 9.29. The lowest BCUT2D eigenvalue weighted by Gasteiger charge is -2.37. The number of benzene rings is 2. The Morgan fingerprint density at radius 2 is 1.71 bits per heavy atom. The van der Waals surface area contributed by atoms with Crippen LogP contribution in [0.1, 0.15) is 23.6 Å². The quantitative estimate of drug-likeness (QED) is 0.816. The van der Waals surface area contributed by atoms with Crippen LogP contribution < -0.4 is 10.9 Å². The van der Waals surface area contributed by atoms with Crippen molar-refractivity contribution in [1.82, 2.24) is 20.1 Å². The lowest BCUT2D eigenvalue weighted by atomic mass is 10.0. The van der Waals surface area contributed by atoms with E-state index < -0.39 is 15.8 Å². The number of hydrogen-bond donors (Lipinski definition) is 2. The van der Waals surface area contributed by atoms with Crippen LogP contribution >= 0.6 is 0 Å². The highest BCUT2D eigenvalue weighted by Gasteiger charge is 2.34. The van der Waals surface area contributed by atoms with E-state index in [1.165, 1.54) is 22.0 Å². The van der Waals surface area contributed by atoms with E-state index in [4.69, 9.17) is 0 Å². The summed E-state index contributed by atoms with van der Waals surface area (Å²) in [5.41, 5.74) is 8.34. The monoisotopic (exact) mass is 404 g/mol. The van der Waals surface area contributed by atoms with Gasteiger partial charge in [0.25, 0.3) is 0 Å². The molecule has 0 aliphatic carbocycles. The summed E-state index contributed by atoms with van der Waals surface area (Å²) in [6, 6.07) is 14.6. The number of hydrogen-bond acceptors (Lipinski definition) is 5. The Hall–Kier alpha value is -1.84. The maximum atomic E-state index is 13.8. The fourth-order valence-electron chi connectivity index (χ4n) is 3.82. The van der Waals surface area contributed by atoms with Crippen molar-refractivity contribution in [2.45, 2.75) is 30.4 Å². The molecule has 0 aromatic heterocycles. The Kier molecular flexibility index (Phi) is 5.48. The molecule has 2 aromatic rings. The van der Waals surface area contributed by atoms with Crippen LogP contribution in [0, 0.1) is 12.7 Å². The van der Waals surface area contributed by atoms with Crippen molar-refractivity contribution in [3.8, 4) is 0 Å². The van der Waals surface area contributed by atoms with Crippen LogP contribution in [-0.4, -0.2) is 50.0 Å². The van der Waals surface area contributed by atoms with Crippen LogP contribution in [0.3, 0.4) is 0 Å². The summed E-state index contributed by atoms with van der Waals surface area (Å²) in [7, 11) is -3.67. The minimum Gasteiger partial charge on any atom is -0.284 e. The van der Waals surface area contributed by atoms with Gasteiger partial charge in [-0.3, -0.25) is 4.90 Å². The molecule has 0 amide bonds. The van der Waals surface area contributed by atoms with Crippen LogP contribution in [-0.2, 0) is 10.0 Å². The molecule has 2 aliphatic heterocycles. The molecule has 28 heavy (non-hydrogen) atoms. The minimum atomic E-state index is -3.67. The fourth-order valence-corrected chi connectivity index (χ4v) is 5.26. The van der Waals surface area contributed by atoms with Gasteiger partial charge in [0.2, 0.25) is 10.0 Å². The first-order valence-electron chi connectivity index (χ1n) is 9.51. The molecular formula is C20H25FN4O2S. The van der Waals surface area contributed by atoms with Crippen LogP contribution in [0.25, 0.3) is 0 Å². The van der Waals surface area contributed by atoms with Crippen molar-refractivity contribution < 1.29 is 12.8 Å². The molecule has 2 fully saturated rings. The lowest BCUT2D eigenvalue weighted by molar-refractivity contribution is 0.123. The molecule has 150 valence electrons. The van der Waals surface area contributed by atoms with Crippen molar-refractivity contribution in [2.24, 2.45) is 0 Å². The molecule has 2 aliphatic rings. The Morgan fingerprint density at radius 3 is 2.39 bits per heavy atom. The largest absolute Gasteiger partial charge is 0.284 e. The first kappa shape index (κ1) is 19.5. The molecular weight excluding hydrogens is 379 g/mol. The number of nitrogens with one attached hydrogen (secondary N) is 2. The average Bonchev–Trinajstić information content (AvgIpc) is 3.21. The molecule has 2 unspecified atom stereocenters. The molecule has 0 radical (unpaired) electrons. The number of halogens is 1. The number of hydrazine groups is 1. The first-order valence-corrected chi connectivity index (χ1v) is 11.0. The van der Waals surface area contributed by atoms with Crippen molar-refractivity contribution in [1.29, 1.82) is 0 Å². The SMILES string of the molecule is Cc1ccc(S(=O)(=O)N2CCN(C3CC(c4ccccc4)NN3)CC2)cc1F. The zero-order valence-electron chi connectivity index (χ0n) is 15.8. The molecule has 0 spiro atoms. The first-order chi connectivity index (χ1) is 13.4. The van der Waals surface area contributed by atoms with Crippen LogP contribution in [0.4, 0.5) is 4.39 Å². The Labute approximate surface area is 165 Å². The molecule has 2 heterocycles. The van der Waals surface area contributed by atoms with E-state index in [9.17, 15) is 12.8 Å². The van der Waals surface area contributed by atoms with E-state index in [2.05, 4.69) is 27.9 Å². The van der Waals surface area contributed by atoms with E-state index in [0.717, 1.165) is 12.5 Å². The Bertz CT molecular complexity index is 930. The standard InChI is InChI=1S/C20H25FN4O2S/c1-15-7-8-17(13-18(15)21)28(26,27)25-11-9-24(10-12-25)20-14-19(22-23-20)16-5-3-2-4-6-16/h2-8,13,19-20,22-23H,9-12,14H2,1H3. The zero-order valence-corrected chi connectivity index (χ0v) is 16.6. The predicted octanol–water partition coefficient (Wildman–Crippen LogP) is 2.01. The second-order valence-electron chi connectivity index (χ2n) is 7.35. The number of rotatable bonds is 4. The molecule has 0 bridgehead atoms. The van der Waals surface area contributed by atoms with E-state index in [0.29, 0.717) is 31.7 Å². The highest BCUT2D eigenvalue weighted by molar-refractivity contribution is 7.89. The summed E-state index contributed by atoms with van der Waals surface area (Å²) in [6.07, 6.45) is 1.08. The van der Waals surface area contributed by atoms with Gasteiger partial charge in [-0.05, 0) is 36.6 Å². The summed E-state index contributed by atoms with van der Waals surface area (Å²) >= 11 is 0. The van der Waals surface area contributed by atoms with E-state index in [1.807, 2.05) is 18.2 Å². The normalized spacial score (nSPS) is 24.5. The molecule has 8 heteroatoms. The number of nitrogens with zero attached hydrogens (tertiary/aromatic N) is 2. The van der Waals surface area contributed by atoms with Gasteiger partial charge in [-0.25, -0.2) is 23.7 Å². The summed E-state index contributed by atoms with van der Waals surface area (Å²) in [5, 5.41) is 0. The molecule has 2 aromatic carbocycles. The van der Waals surface area contributed by atoms with Crippen molar-refractivity contribution in [3.63, 3.8) is 0 Å². The lowest BCUT2D eigenvalue weighted by Crippen LogP contribution is -2.55. The van der Waals surface area contributed by atoms with Gasteiger partial charge < -0.3 is 0 Å². The van der Waals surface area contributed by atoms with Crippen LogP contribution in [0.15, 0.2) is 53.4 Å². The van der Waals surface area contributed by atoms with E-state index in [1.54, 1.807) is 6.92 Å². The zero-order chi connectivity index (χ0) is 19.7. The summed E-state index contributed by atoms with van der Waals surface area (Å²) in [5.74, 6) is -0.493. The van der Waals surface area contributed by atoms with E-state index >= 15 is 0 Å². The van der Waals surface area contributed by atoms with Crippen molar-refractivity contribution in [3.05, 3.63) is 65.5 Å². The second kappa shape index (κ2) is 7.88. The van der Waals surface area contributed by atoms with Gasteiger partial charge in [-0.1, -0.05) is 36.4 Å². The Morgan fingerprint density at radius 1 is 1.00 bits per heavy atom. The summed E-state index contributed by atoms with van der Waals surface area (Å²) in [6.45, 7) is 3.68. The molecule has 6 nitrogen and oxygen atoms in total. The maximum absolute atomic E-state index is 13.8. The minimum absolute atomic E-state index is 0.0221. The van der Waals surface area contributed by atoms with Gasteiger partial charge in [-0.15, -0.1) is 0 Å². The predicted molar refractivity (Wildman–Crippen MR) is 105 cm³/mol. The van der Waals surface area contributed by atoms with Gasteiger partial charge >= 0.3 is 0 Å². The van der Waals surface area contributed by atoms with Crippen molar-refractivity contribution >= 4 is 10.0 Å². The third-order valence-electron chi connectivity index (χ3n) is 5.58. The van der Waals surface area contributed by atoms with Crippen LogP contribution in [0.5, 0.6) is 0 Å². The van der Waals surface area contributed by atoms with Gasteiger partial charge in [0.05, 0.1) is 11.1 Å². The number of aryl methyl sites for hydroxylation is 1. The topological polar surface area (TPSA) is 64.7 Å². The fraction of sp³-hybridized carbons (Fsp3) is 0.400. The number of sulfonamides is 1. The molecule has 4 rings (SSSR count). The van der Waals surface area contributed by atoms with Gasteiger partial charge in [-0.2, -0.15) is 4.31 Å². The van der Waals surface area contributed by atoms with Gasteiger partial charge in [0.1, 0.15) is 5.82 Å². The molecule has 2 saturated heterocycles. The molecule has 2 N–H and O–H groups in total.